The number of halogens is 2. The number of hydrogen-bond donors (Lipinski definition) is 3. The molecule has 0 radical (unpaired) electrons. The molecule has 1 aliphatic heterocycles. The molecule has 0 bridgehead atoms. The van der Waals surface area contributed by atoms with Crippen LogP contribution in [0.2, 0.25) is 5.02 Å². The first-order valence-corrected chi connectivity index (χ1v) is 7.75. The van der Waals surface area contributed by atoms with Crippen molar-refractivity contribution in [3.8, 4) is 0 Å². The first-order chi connectivity index (χ1) is 11.1. The van der Waals surface area contributed by atoms with E-state index in [1.807, 2.05) is 24.3 Å². The van der Waals surface area contributed by atoms with Crippen LogP contribution in [-0.2, 0) is 11.2 Å². The molecule has 0 atom stereocenters. The molecule has 0 unspecified atom stereocenters. The lowest BCUT2D eigenvalue weighted by Gasteiger charge is -2.15. The lowest BCUT2D eigenvalue weighted by atomic mass is 10.1. The third kappa shape index (κ3) is 5.82. The maximum absolute atomic E-state index is 11.4. The fraction of sp³-hybridized carbons (Fsp3) is 0.400. The molecule has 1 heterocycles. The smallest absolute Gasteiger partial charge is 0.324 e. The highest BCUT2D eigenvalue weighted by molar-refractivity contribution is 14.0. The van der Waals surface area contributed by atoms with E-state index in [-0.39, 0.29) is 42.5 Å². The van der Waals surface area contributed by atoms with E-state index in [0.717, 1.165) is 17.0 Å². The number of aliphatic imine (C=N–C) groups is 1. The predicted molar refractivity (Wildman–Crippen MR) is 105 cm³/mol. The van der Waals surface area contributed by atoms with Crippen molar-refractivity contribution in [1.82, 2.24) is 20.9 Å². The lowest BCUT2D eigenvalue weighted by molar-refractivity contribution is -0.124. The van der Waals surface area contributed by atoms with Crippen molar-refractivity contribution in [2.45, 2.75) is 6.42 Å². The summed E-state index contributed by atoms with van der Waals surface area (Å²) in [6.07, 6.45) is 0.771. The summed E-state index contributed by atoms with van der Waals surface area (Å²) in [7, 11) is 1.67. The molecule has 0 aliphatic carbocycles. The van der Waals surface area contributed by atoms with Crippen LogP contribution in [0.5, 0.6) is 0 Å². The fourth-order valence-corrected chi connectivity index (χ4v) is 2.44. The number of rotatable bonds is 6. The summed E-state index contributed by atoms with van der Waals surface area (Å²) in [6.45, 7) is 1.48. The summed E-state index contributed by atoms with van der Waals surface area (Å²) < 4.78 is 0. The highest BCUT2D eigenvalue weighted by Crippen LogP contribution is 2.14. The second-order valence-electron chi connectivity index (χ2n) is 4.97. The van der Waals surface area contributed by atoms with Crippen LogP contribution in [0.15, 0.2) is 29.3 Å². The van der Waals surface area contributed by atoms with Crippen LogP contribution in [-0.4, -0.2) is 56.0 Å². The zero-order valence-electron chi connectivity index (χ0n) is 13.3. The summed E-state index contributed by atoms with van der Waals surface area (Å²) in [5.41, 5.74) is 1.07. The Balaban J connectivity index is 0.00000288. The van der Waals surface area contributed by atoms with Crippen molar-refractivity contribution in [3.05, 3.63) is 34.9 Å². The van der Waals surface area contributed by atoms with Gasteiger partial charge in [0.25, 0.3) is 0 Å². The van der Waals surface area contributed by atoms with Gasteiger partial charge in [-0.3, -0.25) is 14.7 Å². The minimum absolute atomic E-state index is 0. The van der Waals surface area contributed by atoms with E-state index >= 15 is 0 Å². The third-order valence-corrected chi connectivity index (χ3v) is 3.80. The first-order valence-electron chi connectivity index (χ1n) is 7.38. The van der Waals surface area contributed by atoms with E-state index in [0.29, 0.717) is 25.6 Å². The van der Waals surface area contributed by atoms with Crippen LogP contribution in [0.3, 0.4) is 0 Å². The monoisotopic (exact) mass is 465 g/mol. The molecule has 2 rings (SSSR count). The zero-order chi connectivity index (χ0) is 16.7. The standard InChI is InChI=1S/C15H20ClN5O2.HI/c1-17-14(18-7-6-11-4-2-3-5-12(11)16)19-8-9-21-13(22)10-20-15(21)23;/h2-5H,6-10H2,1H3,(H,20,23)(H2,17,18,19);1H. The van der Waals surface area contributed by atoms with Crippen LogP contribution >= 0.6 is 35.6 Å². The lowest BCUT2D eigenvalue weighted by Crippen LogP contribution is -2.43. The van der Waals surface area contributed by atoms with Crippen LogP contribution in [0, 0.1) is 0 Å². The van der Waals surface area contributed by atoms with Gasteiger partial charge in [0.05, 0.1) is 6.54 Å². The maximum Gasteiger partial charge on any atom is 0.324 e. The van der Waals surface area contributed by atoms with Crippen LogP contribution < -0.4 is 16.0 Å². The van der Waals surface area contributed by atoms with E-state index < -0.39 is 0 Å². The molecular weight excluding hydrogens is 445 g/mol. The molecule has 24 heavy (non-hydrogen) atoms. The molecule has 132 valence electrons. The van der Waals surface area contributed by atoms with Crippen molar-refractivity contribution in [2.75, 3.05) is 33.2 Å². The van der Waals surface area contributed by atoms with Crippen LogP contribution in [0.4, 0.5) is 4.79 Å². The number of hydrogen-bond acceptors (Lipinski definition) is 3. The first kappa shape index (κ1) is 20.5. The Morgan fingerprint density at radius 3 is 2.62 bits per heavy atom. The topological polar surface area (TPSA) is 85.8 Å². The number of carbonyl (C=O) groups is 2. The molecule has 9 heteroatoms. The summed E-state index contributed by atoms with van der Waals surface area (Å²) in [5.74, 6) is 0.405. The molecular formula is C15H21ClIN5O2. The zero-order valence-corrected chi connectivity index (χ0v) is 16.4. The van der Waals surface area contributed by atoms with Crippen molar-refractivity contribution >= 4 is 53.5 Å². The minimum Gasteiger partial charge on any atom is -0.356 e. The maximum atomic E-state index is 11.4. The molecule has 3 N–H and O–H groups in total. The number of nitrogens with zero attached hydrogens (tertiary/aromatic N) is 2. The van der Waals surface area contributed by atoms with Crippen molar-refractivity contribution in [2.24, 2.45) is 4.99 Å². The quantitative estimate of drug-likeness (QED) is 0.255. The SMILES string of the molecule is CN=C(NCCc1ccccc1Cl)NCCN1C(=O)CNC1=O.I. The Morgan fingerprint density at radius 1 is 1.29 bits per heavy atom. The average molecular weight is 466 g/mol. The molecule has 1 saturated heterocycles. The Kier molecular flexibility index (Phi) is 8.83. The highest BCUT2D eigenvalue weighted by Gasteiger charge is 2.27. The summed E-state index contributed by atoms with van der Waals surface area (Å²) in [6, 6.07) is 7.35. The normalized spacial score (nSPS) is 14.2. The number of guanidine groups is 1. The van der Waals surface area contributed by atoms with Gasteiger partial charge in [-0.05, 0) is 18.1 Å². The third-order valence-electron chi connectivity index (χ3n) is 3.43. The number of imide groups is 1. The summed E-state index contributed by atoms with van der Waals surface area (Å²) in [5, 5.41) is 9.47. The molecule has 0 aromatic heterocycles. The molecule has 0 spiro atoms. The average Bonchev–Trinajstić information content (AvgIpc) is 2.86. The molecule has 1 fully saturated rings. The molecule has 1 aromatic rings. The Bertz CT molecular complexity index is 595. The number of nitrogens with one attached hydrogen (secondary N) is 3. The molecule has 0 saturated carbocycles. The van der Waals surface area contributed by atoms with Crippen molar-refractivity contribution < 1.29 is 9.59 Å². The predicted octanol–water partition coefficient (Wildman–Crippen LogP) is 1.22. The molecule has 3 amide bonds. The van der Waals surface area contributed by atoms with E-state index in [1.54, 1.807) is 7.05 Å². The van der Waals surface area contributed by atoms with Gasteiger partial charge in [0.1, 0.15) is 0 Å². The van der Waals surface area contributed by atoms with Crippen molar-refractivity contribution in [3.63, 3.8) is 0 Å². The Hall–Kier alpha value is -1.55. The number of amides is 3. The van der Waals surface area contributed by atoms with Gasteiger partial charge in [-0.2, -0.15) is 0 Å². The largest absolute Gasteiger partial charge is 0.356 e. The van der Waals surface area contributed by atoms with E-state index in [1.165, 1.54) is 4.90 Å². The van der Waals surface area contributed by atoms with Gasteiger partial charge in [0.15, 0.2) is 5.96 Å². The van der Waals surface area contributed by atoms with Crippen LogP contribution in [0.25, 0.3) is 0 Å². The highest BCUT2D eigenvalue weighted by atomic mass is 127. The molecule has 1 aromatic carbocycles. The van der Waals surface area contributed by atoms with E-state index in [9.17, 15) is 9.59 Å². The Morgan fingerprint density at radius 2 is 2.00 bits per heavy atom. The number of benzene rings is 1. The Labute approximate surface area is 163 Å². The van der Waals surface area contributed by atoms with Gasteiger partial charge < -0.3 is 16.0 Å². The minimum atomic E-state index is -0.349. The molecule has 7 nitrogen and oxygen atoms in total. The van der Waals surface area contributed by atoms with Gasteiger partial charge in [0.2, 0.25) is 5.91 Å². The van der Waals surface area contributed by atoms with Gasteiger partial charge >= 0.3 is 6.03 Å². The van der Waals surface area contributed by atoms with Gasteiger partial charge in [-0.1, -0.05) is 29.8 Å². The summed E-state index contributed by atoms with van der Waals surface area (Å²) in [4.78, 5) is 28.1. The molecule has 1 aliphatic rings. The fourth-order valence-electron chi connectivity index (χ4n) is 2.21. The summed E-state index contributed by atoms with van der Waals surface area (Å²) >= 11 is 6.11. The number of urea groups is 1. The van der Waals surface area contributed by atoms with Gasteiger partial charge in [0, 0.05) is 31.7 Å². The van der Waals surface area contributed by atoms with E-state index in [4.69, 9.17) is 11.6 Å². The van der Waals surface area contributed by atoms with Gasteiger partial charge in [-0.25, -0.2) is 4.79 Å². The number of carbonyl (C=O) groups excluding carboxylic acids is 2. The second-order valence-corrected chi connectivity index (χ2v) is 5.38. The van der Waals surface area contributed by atoms with E-state index in [2.05, 4.69) is 20.9 Å². The van der Waals surface area contributed by atoms with Crippen LogP contribution in [0.1, 0.15) is 5.56 Å². The second kappa shape index (κ2) is 10.3. The van der Waals surface area contributed by atoms with Gasteiger partial charge in [-0.15, -0.1) is 24.0 Å². The van der Waals surface area contributed by atoms with Crippen molar-refractivity contribution in [1.29, 1.82) is 0 Å².